The third-order valence-corrected chi connectivity index (χ3v) is 2.29. The summed E-state index contributed by atoms with van der Waals surface area (Å²) in [4.78, 5) is 13.6. The van der Waals surface area contributed by atoms with Crippen molar-refractivity contribution in [3.63, 3.8) is 0 Å². The number of benzene rings is 1. The molecule has 3 heteroatoms. The van der Waals surface area contributed by atoms with Crippen molar-refractivity contribution < 1.29 is 9.53 Å². The number of hydrogen-bond donors (Lipinski definition) is 0. The van der Waals surface area contributed by atoms with E-state index in [2.05, 4.69) is 6.92 Å². The van der Waals surface area contributed by atoms with Gasteiger partial charge in [-0.2, -0.15) is 0 Å². The number of hydrogen-bond acceptors (Lipinski definition) is 2. The van der Waals surface area contributed by atoms with Crippen molar-refractivity contribution in [2.75, 3.05) is 26.8 Å². The molecule has 0 spiro atoms. The maximum Gasteiger partial charge on any atom is 0.253 e. The van der Waals surface area contributed by atoms with Crippen molar-refractivity contribution in [1.29, 1.82) is 0 Å². The van der Waals surface area contributed by atoms with Gasteiger partial charge in [-0.25, -0.2) is 0 Å². The molecule has 0 aliphatic carbocycles. The summed E-state index contributed by atoms with van der Waals surface area (Å²) in [6.07, 6.45) is 1.01. The summed E-state index contributed by atoms with van der Waals surface area (Å²) < 4.78 is 5.35. The second kappa shape index (κ2) is 7.01. The monoisotopic (exact) mass is 221 g/mol. The predicted molar refractivity (Wildman–Crippen MR) is 64.5 cm³/mol. The highest BCUT2D eigenvalue weighted by Crippen LogP contribution is 2.02. The molecule has 1 amide bonds. The Hall–Kier alpha value is -1.35. The number of likely N-dealkylation sites (N-methyl/N-ethyl adjacent to an activating group) is 1. The van der Waals surface area contributed by atoms with Crippen molar-refractivity contribution in [3.05, 3.63) is 35.9 Å². The minimum absolute atomic E-state index is 0.0423. The molecule has 1 aromatic carbocycles. The molecule has 0 bridgehead atoms. The van der Waals surface area contributed by atoms with E-state index in [9.17, 15) is 4.79 Å². The highest BCUT2D eigenvalue weighted by molar-refractivity contribution is 5.93. The van der Waals surface area contributed by atoms with Crippen LogP contribution >= 0.6 is 0 Å². The first kappa shape index (κ1) is 12.7. The molecule has 0 atom stereocenters. The third-order valence-electron chi connectivity index (χ3n) is 2.29. The second-order valence-corrected chi connectivity index (χ2v) is 3.71. The van der Waals surface area contributed by atoms with E-state index in [4.69, 9.17) is 4.74 Å². The van der Waals surface area contributed by atoms with Crippen LogP contribution in [-0.4, -0.2) is 37.6 Å². The summed E-state index contributed by atoms with van der Waals surface area (Å²) in [5.41, 5.74) is 0.723. The molecule has 0 heterocycles. The van der Waals surface area contributed by atoms with Crippen LogP contribution in [-0.2, 0) is 4.74 Å². The van der Waals surface area contributed by atoms with Crippen LogP contribution in [0.4, 0.5) is 0 Å². The van der Waals surface area contributed by atoms with Crippen LogP contribution in [0.25, 0.3) is 0 Å². The Morgan fingerprint density at radius 1 is 1.25 bits per heavy atom. The molecule has 0 radical (unpaired) electrons. The van der Waals surface area contributed by atoms with E-state index in [1.807, 2.05) is 30.3 Å². The zero-order chi connectivity index (χ0) is 11.8. The molecule has 0 aliphatic rings. The van der Waals surface area contributed by atoms with E-state index in [1.54, 1.807) is 11.9 Å². The number of nitrogens with zero attached hydrogens (tertiary/aromatic N) is 1. The van der Waals surface area contributed by atoms with Gasteiger partial charge in [-0.05, 0) is 18.6 Å². The van der Waals surface area contributed by atoms with Gasteiger partial charge >= 0.3 is 0 Å². The zero-order valence-corrected chi connectivity index (χ0v) is 9.98. The van der Waals surface area contributed by atoms with Crippen LogP contribution in [0.1, 0.15) is 23.7 Å². The van der Waals surface area contributed by atoms with Gasteiger partial charge in [0, 0.05) is 25.8 Å². The van der Waals surface area contributed by atoms with Gasteiger partial charge in [0.2, 0.25) is 0 Å². The second-order valence-electron chi connectivity index (χ2n) is 3.71. The van der Waals surface area contributed by atoms with Gasteiger partial charge in [-0.1, -0.05) is 25.1 Å². The third kappa shape index (κ3) is 4.03. The lowest BCUT2D eigenvalue weighted by atomic mass is 10.2. The maximum absolute atomic E-state index is 11.9. The van der Waals surface area contributed by atoms with E-state index in [0.29, 0.717) is 13.2 Å². The molecular weight excluding hydrogens is 202 g/mol. The van der Waals surface area contributed by atoms with Crippen molar-refractivity contribution in [2.45, 2.75) is 13.3 Å². The standard InChI is InChI=1S/C13H19NO2/c1-3-10-16-11-9-14(2)13(15)12-7-5-4-6-8-12/h4-8H,3,9-11H2,1-2H3. The molecule has 3 nitrogen and oxygen atoms in total. The lowest BCUT2D eigenvalue weighted by Gasteiger charge is -2.17. The zero-order valence-electron chi connectivity index (χ0n) is 9.98. The number of carbonyl (C=O) groups is 1. The minimum atomic E-state index is 0.0423. The number of carbonyl (C=O) groups excluding carboxylic acids is 1. The van der Waals surface area contributed by atoms with E-state index in [-0.39, 0.29) is 5.91 Å². The number of ether oxygens (including phenoxy) is 1. The summed E-state index contributed by atoms with van der Waals surface area (Å²) in [5.74, 6) is 0.0423. The first-order chi connectivity index (χ1) is 7.75. The van der Waals surface area contributed by atoms with Gasteiger partial charge in [0.05, 0.1) is 6.61 Å². The fraction of sp³-hybridized carbons (Fsp3) is 0.462. The van der Waals surface area contributed by atoms with Crippen molar-refractivity contribution in [3.8, 4) is 0 Å². The molecule has 16 heavy (non-hydrogen) atoms. The van der Waals surface area contributed by atoms with E-state index >= 15 is 0 Å². The first-order valence-electron chi connectivity index (χ1n) is 5.64. The molecule has 88 valence electrons. The van der Waals surface area contributed by atoms with Crippen molar-refractivity contribution >= 4 is 5.91 Å². The van der Waals surface area contributed by atoms with Gasteiger partial charge in [-0.15, -0.1) is 0 Å². The molecule has 0 aromatic heterocycles. The van der Waals surface area contributed by atoms with Crippen LogP contribution in [0.2, 0.25) is 0 Å². The normalized spacial score (nSPS) is 10.1. The number of rotatable bonds is 6. The largest absolute Gasteiger partial charge is 0.380 e. The van der Waals surface area contributed by atoms with Gasteiger partial charge in [0.1, 0.15) is 0 Å². The molecule has 0 fully saturated rings. The molecular formula is C13H19NO2. The minimum Gasteiger partial charge on any atom is -0.380 e. The fourth-order valence-electron chi connectivity index (χ4n) is 1.35. The van der Waals surface area contributed by atoms with Crippen LogP contribution in [0.3, 0.4) is 0 Å². The van der Waals surface area contributed by atoms with Crippen molar-refractivity contribution in [1.82, 2.24) is 4.90 Å². The average Bonchev–Trinajstić information content (AvgIpc) is 2.34. The highest BCUT2D eigenvalue weighted by Gasteiger charge is 2.09. The topological polar surface area (TPSA) is 29.5 Å². The molecule has 0 saturated carbocycles. The van der Waals surface area contributed by atoms with Crippen LogP contribution in [0.5, 0.6) is 0 Å². The Kier molecular flexibility index (Phi) is 5.57. The highest BCUT2D eigenvalue weighted by atomic mass is 16.5. The quantitative estimate of drug-likeness (QED) is 0.689. The molecule has 0 saturated heterocycles. The molecule has 1 aromatic rings. The molecule has 0 aliphatic heterocycles. The van der Waals surface area contributed by atoms with E-state index in [0.717, 1.165) is 18.6 Å². The van der Waals surface area contributed by atoms with Gasteiger partial charge in [0.15, 0.2) is 0 Å². The summed E-state index contributed by atoms with van der Waals surface area (Å²) >= 11 is 0. The molecule has 0 unspecified atom stereocenters. The number of amides is 1. The Labute approximate surface area is 97.0 Å². The summed E-state index contributed by atoms with van der Waals surface area (Å²) in [6, 6.07) is 9.29. The fourth-order valence-corrected chi connectivity index (χ4v) is 1.35. The summed E-state index contributed by atoms with van der Waals surface area (Å²) in [6.45, 7) is 4.06. The predicted octanol–water partition coefficient (Wildman–Crippen LogP) is 2.19. The smallest absolute Gasteiger partial charge is 0.253 e. The average molecular weight is 221 g/mol. The van der Waals surface area contributed by atoms with Crippen LogP contribution in [0.15, 0.2) is 30.3 Å². The lowest BCUT2D eigenvalue weighted by molar-refractivity contribution is 0.0696. The first-order valence-corrected chi connectivity index (χ1v) is 5.64. The van der Waals surface area contributed by atoms with E-state index < -0.39 is 0 Å². The maximum atomic E-state index is 11.9. The Bertz CT molecular complexity index is 311. The lowest BCUT2D eigenvalue weighted by Crippen LogP contribution is -2.30. The van der Waals surface area contributed by atoms with Gasteiger partial charge in [-0.3, -0.25) is 4.79 Å². The van der Waals surface area contributed by atoms with Gasteiger partial charge in [0.25, 0.3) is 5.91 Å². The van der Waals surface area contributed by atoms with Gasteiger partial charge < -0.3 is 9.64 Å². The van der Waals surface area contributed by atoms with E-state index in [1.165, 1.54) is 0 Å². The SMILES string of the molecule is CCCOCCN(C)C(=O)c1ccccc1. The summed E-state index contributed by atoms with van der Waals surface area (Å²) in [5, 5.41) is 0. The Morgan fingerprint density at radius 2 is 1.94 bits per heavy atom. The Morgan fingerprint density at radius 3 is 2.56 bits per heavy atom. The molecule has 0 N–H and O–H groups in total. The Balaban J connectivity index is 2.37. The van der Waals surface area contributed by atoms with Crippen molar-refractivity contribution in [2.24, 2.45) is 0 Å². The van der Waals surface area contributed by atoms with Crippen LogP contribution in [0, 0.1) is 0 Å². The summed E-state index contributed by atoms with van der Waals surface area (Å²) in [7, 11) is 1.80. The molecule has 1 rings (SSSR count). The van der Waals surface area contributed by atoms with Crippen LogP contribution < -0.4 is 0 Å².